The number of hydrogen-bond donors (Lipinski definition) is 1. The lowest BCUT2D eigenvalue weighted by atomic mass is 10.00. The van der Waals surface area contributed by atoms with E-state index in [1.165, 1.54) is 35.8 Å². The summed E-state index contributed by atoms with van der Waals surface area (Å²) in [6, 6.07) is 11.6. The molecule has 0 bridgehead atoms. The summed E-state index contributed by atoms with van der Waals surface area (Å²) in [5, 5.41) is 13.3. The van der Waals surface area contributed by atoms with Crippen LogP contribution in [0.5, 0.6) is 5.75 Å². The highest BCUT2D eigenvalue weighted by Crippen LogP contribution is 2.29. The molecule has 0 fully saturated rings. The van der Waals surface area contributed by atoms with E-state index in [4.69, 9.17) is 4.74 Å². The Morgan fingerprint density at radius 3 is 2.62 bits per heavy atom. The second-order valence-corrected chi connectivity index (χ2v) is 5.84. The lowest BCUT2D eigenvalue weighted by Gasteiger charge is -2.28. The second kappa shape index (κ2) is 7.22. The summed E-state index contributed by atoms with van der Waals surface area (Å²) >= 11 is 0. The number of amides is 2. The number of hydrogen-bond acceptors (Lipinski definition) is 5. The van der Waals surface area contributed by atoms with Crippen LogP contribution in [0.2, 0.25) is 0 Å². The average molecular weight is 355 g/mol. The number of carbonyl (C=O) groups is 2. The number of ether oxygens (including phenoxy) is 1. The first-order chi connectivity index (χ1) is 12.5. The van der Waals surface area contributed by atoms with Crippen LogP contribution in [0.3, 0.4) is 0 Å². The summed E-state index contributed by atoms with van der Waals surface area (Å²) in [5.41, 5.74) is 2.23. The van der Waals surface area contributed by atoms with Crippen LogP contribution in [0, 0.1) is 10.1 Å². The monoisotopic (exact) mass is 355 g/mol. The molecule has 0 radical (unpaired) electrons. The molecule has 1 N–H and O–H groups in total. The summed E-state index contributed by atoms with van der Waals surface area (Å²) in [4.78, 5) is 36.5. The van der Waals surface area contributed by atoms with Crippen LogP contribution < -0.4 is 10.1 Å². The summed E-state index contributed by atoms with van der Waals surface area (Å²) in [6.45, 7) is 0.834. The van der Waals surface area contributed by atoms with Gasteiger partial charge >= 0.3 is 11.8 Å². The van der Waals surface area contributed by atoms with Crippen LogP contribution >= 0.6 is 0 Å². The highest BCUT2D eigenvalue weighted by atomic mass is 16.6. The highest BCUT2D eigenvalue weighted by molar-refractivity contribution is 6.39. The van der Waals surface area contributed by atoms with Crippen molar-refractivity contribution < 1.29 is 19.2 Å². The van der Waals surface area contributed by atoms with Crippen molar-refractivity contribution in [1.29, 1.82) is 0 Å². The number of methoxy groups -OCH3 is 1. The van der Waals surface area contributed by atoms with Crippen LogP contribution in [0.15, 0.2) is 42.5 Å². The maximum Gasteiger partial charge on any atom is 0.314 e. The van der Waals surface area contributed by atoms with Crippen molar-refractivity contribution in [3.8, 4) is 5.75 Å². The quantitative estimate of drug-likeness (QED) is 0.516. The predicted molar refractivity (Wildman–Crippen MR) is 93.8 cm³/mol. The third kappa shape index (κ3) is 3.49. The fraction of sp³-hybridized carbons (Fsp3) is 0.222. The van der Waals surface area contributed by atoms with Gasteiger partial charge in [-0.15, -0.1) is 0 Å². The Hall–Kier alpha value is -3.42. The van der Waals surface area contributed by atoms with E-state index in [1.807, 2.05) is 24.3 Å². The summed E-state index contributed by atoms with van der Waals surface area (Å²) in [6.07, 6.45) is 0.691. The third-order valence-electron chi connectivity index (χ3n) is 4.26. The minimum absolute atomic E-state index is 0.115. The Labute approximate surface area is 149 Å². The van der Waals surface area contributed by atoms with Crippen molar-refractivity contribution in [2.24, 2.45) is 0 Å². The van der Waals surface area contributed by atoms with Gasteiger partial charge in [0.1, 0.15) is 5.75 Å². The normalized spacial score (nSPS) is 12.9. The Bertz CT molecular complexity index is 881. The molecule has 0 unspecified atom stereocenters. The van der Waals surface area contributed by atoms with Crippen molar-refractivity contribution in [3.63, 3.8) is 0 Å². The second-order valence-electron chi connectivity index (χ2n) is 5.84. The number of nitro groups is 1. The van der Waals surface area contributed by atoms with Gasteiger partial charge in [0.25, 0.3) is 5.69 Å². The Balaban J connectivity index is 1.72. The zero-order chi connectivity index (χ0) is 18.7. The number of rotatable bonds is 3. The van der Waals surface area contributed by atoms with Crippen LogP contribution in [-0.4, -0.2) is 35.3 Å². The van der Waals surface area contributed by atoms with Crippen molar-refractivity contribution in [2.45, 2.75) is 13.0 Å². The molecular formula is C18H17N3O5. The van der Waals surface area contributed by atoms with Gasteiger partial charge in [0.05, 0.1) is 23.8 Å². The van der Waals surface area contributed by atoms with E-state index < -0.39 is 16.7 Å². The van der Waals surface area contributed by atoms with E-state index >= 15 is 0 Å². The molecule has 1 heterocycles. The lowest BCUT2D eigenvalue weighted by molar-refractivity contribution is -0.384. The van der Waals surface area contributed by atoms with E-state index in [9.17, 15) is 19.7 Å². The Morgan fingerprint density at radius 2 is 1.92 bits per heavy atom. The molecule has 0 atom stereocenters. The number of benzene rings is 2. The molecule has 0 spiro atoms. The number of nitrogens with zero attached hydrogens (tertiary/aromatic N) is 2. The predicted octanol–water partition coefficient (Wildman–Crippen LogP) is 2.13. The molecule has 1 aliphatic heterocycles. The zero-order valence-corrected chi connectivity index (χ0v) is 14.1. The number of nitrogens with one attached hydrogen (secondary N) is 1. The van der Waals surface area contributed by atoms with Crippen LogP contribution in [-0.2, 0) is 22.6 Å². The number of anilines is 1. The number of fused-ring (bicyclic) bond motifs is 1. The number of non-ortho nitro benzene ring substituents is 1. The largest absolute Gasteiger partial charge is 0.494 e. The minimum atomic E-state index is -0.809. The third-order valence-corrected chi connectivity index (χ3v) is 4.26. The van der Waals surface area contributed by atoms with Gasteiger partial charge in [-0.05, 0) is 23.6 Å². The van der Waals surface area contributed by atoms with E-state index in [0.29, 0.717) is 19.5 Å². The molecule has 3 rings (SSSR count). The average Bonchev–Trinajstić information content (AvgIpc) is 2.67. The summed E-state index contributed by atoms with van der Waals surface area (Å²) in [5.74, 6) is -1.35. The molecule has 0 saturated carbocycles. The maximum atomic E-state index is 12.5. The summed E-state index contributed by atoms with van der Waals surface area (Å²) < 4.78 is 5.06. The highest BCUT2D eigenvalue weighted by Gasteiger charge is 2.26. The Morgan fingerprint density at radius 1 is 1.19 bits per heavy atom. The van der Waals surface area contributed by atoms with Gasteiger partial charge in [0, 0.05) is 19.2 Å². The van der Waals surface area contributed by atoms with Crippen molar-refractivity contribution in [3.05, 3.63) is 63.7 Å². The van der Waals surface area contributed by atoms with E-state index in [0.717, 1.165) is 5.56 Å². The molecule has 2 aromatic carbocycles. The molecule has 2 amide bonds. The number of carbonyl (C=O) groups excluding carboxylic acids is 2. The van der Waals surface area contributed by atoms with Crippen LogP contribution in [0.1, 0.15) is 11.1 Å². The van der Waals surface area contributed by atoms with Gasteiger partial charge in [-0.25, -0.2) is 0 Å². The molecule has 1 aliphatic rings. The molecule has 8 nitrogen and oxygen atoms in total. The first-order valence-corrected chi connectivity index (χ1v) is 7.99. The fourth-order valence-corrected chi connectivity index (χ4v) is 2.89. The first kappa shape index (κ1) is 17.4. The fourth-order valence-electron chi connectivity index (χ4n) is 2.89. The topological polar surface area (TPSA) is 102 Å². The molecule has 0 aromatic heterocycles. The van der Waals surface area contributed by atoms with Crippen molar-refractivity contribution in [1.82, 2.24) is 4.90 Å². The molecule has 2 aromatic rings. The Kier molecular flexibility index (Phi) is 4.83. The van der Waals surface area contributed by atoms with Crippen molar-refractivity contribution in [2.75, 3.05) is 19.0 Å². The lowest BCUT2D eigenvalue weighted by Crippen LogP contribution is -2.42. The standard InChI is InChI=1S/C18H17N3O5/c1-26-16-10-14(21(24)25)6-7-15(16)19-17(22)18(23)20-9-8-12-4-2-3-5-13(12)11-20/h2-7,10H,8-9,11H2,1H3,(H,19,22). The summed E-state index contributed by atoms with van der Waals surface area (Å²) in [7, 11) is 1.33. The molecule has 0 aliphatic carbocycles. The zero-order valence-electron chi connectivity index (χ0n) is 14.1. The van der Waals surface area contributed by atoms with Gasteiger partial charge in [-0.1, -0.05) is 24.3 Å². The molecular weight excluding hydrogens is 338 g/mol. The van der Waals surface area contributed by atoms with E-state index in [2.05, 4.69) is 5.32 Å². The van der Waals surface area contributed by atoms with E-state index in [1.54, 1.807) is 0 Å². The maximum absolute atomic E-state index is 12.5. The molecule has 8 heteroatoms. The molecule has 134 valence electrons. The molecule has 26 heavy (non-hydrogen) atoms. The van der Waals surface area contributed by atoms with E-state index in [-0.39, 0.29) is 17.1 Å². The smallest absolute Gasteiger partial charge is 0.314 e. The van der Waals surface area contributed by atoms with Crippen LogP contribution in [0.4, 0.5) is 11.4 Å². The first-order valence-electron chi connectivity index (χ1n) is 7.99. The van der Waals surface area contributed by atoms with Gasteiger partial charge in [-0.3, -0.25) is 19.7 Å². The van der Waals surface area contributed by atoms with Gasteiger partial charge in [-0.2, -0.15) is 0 Å². The SMILES string of the molecule is COc1cc([N+](=O)[O-])ccc1NC(=O)C(=O)N1CCc2ccccc2C1. The van der Waals surface area contributed by atoms with Gasteiger partial charge < -0.3 is 15.0 Å². The number of nitro benzene ring substituents is 1. The van der Waals surface area contributed by atoms with Crippen LogP contribution in [0.25, 0.3) is 0 Å². The minimum Gasteiger partial charge on any atom is -0.494 e. The van der Waals surface area contributed by atoms with Crippen molar-refractivity contribution >= 4 is 23.2 Å². The van der Waals surface area contributed by atoms with Gasteiger partial charge in [0.15, 0.2) is 0 Å². The van der Waals surface area contributed by atoms with Gasteiger partial charge in [0.2, 0.25) is 0 Å². The molecule has 0 saturated heterocycles.